The Balaban J connectivity index is 2.11. The van der Waals surface area contributed by atoms with Crippen LogP contribution in [0.4, 0.5) is 0 Å². The highest BCUT2D eigenvalue weighted by molar-refractivity contribution is 6.00. The molecule has 0 N–H and O–H groups in total. The third kappa shape index (κ3) is 3.13. The zero-order valence-electron chi connectivity index (χ0n) is 16.0. The van der Waals surface area contributed by atoms with Gasteiger partial charge in [0.05, 0.1) is 26.7 Å². The largest absolute Gasteiger partial charge is 0.497 e. The smallest absolute Gasteiger partial charge is 0.330 e. The number of Topliss-reactive ketones (excluding diaryl/α,β-unsaturated/α-hetero) is 1. The maximum Gasteiger partial charge on any atom is 0.330 e. The molecule has 0 spiro atoms. The summed E-state index contributed by atoms with van der Waals surface area (Å²) in [5.74, 6) is -0.499. The molecule has 27 heavy (non-hydrogen) atoms. The van der Waals surface area contributed by atoms with Crippen molar-refractivity contribution in [3.8, 4) is 5.75 Å². The average molecular weight is 372 g/mol. The van der Waals surface area contributed by atoms with Crippen LogP contribution >= 0.6 is 0 Å². The van der Waals surface area contributed by atoms with Crippen LogP contribution in [-0.2, 0) is 19.1 Å². The van der Waals surface area contributed by atoms with Gasteiger partial charge in [-0.05, 0) is 54.9 Å². The molecular weight excluding hydrogens is 348 g/mol. The third-order valence-corrected chi connectivity index (χ3v) is 5.95. The molecule has 3 rings (SSSR count). The first-order valence-electron chi connectivity index (χ1n) is 8.95. The summed E-state index contributed by atoms with van der Waals surface area (Å²) in [5, 5.41) is 0. The van der Waals surface area contributed by atoms with E-state index in [0.29, 0.717) is 23.3 Å². The molecule has 1 aromatic carbocycles. The van der Waals surface area contributed by atoms with Gasteiger partial charge in [-0.1, -0.05) is 6.07 Å². The third-order valence-electron chi connectivity index (χ3n) is 5.95. The lowest BCUT2D eigenvalue weighted by Gasteiger charge is -2.45. The Bertz CT molecular complexity index is 824. The summed E-state index contributed by atoms with van der Waals surface area (Å²) in [6.45, 7) is 1.78. The summed E-state index contributed by atoms with van der Waals surface area (Å²) in [4.78, 5) is 37.4. The van der Waals surface area contributed by atoms with Crippen molar-refractivity contribution in [3.63, 3.8) is 0 Å². The number of rotatable bonds is 3. The van der Waals surface area contributed by atoms with Gasteiger partial charge < -0.3 is 14.2 Å². The van der Waals surface area contributed by atoms with E-state index in [4.69, 9.17) is 14.2 Å². The Morgan fingerprint density at radius 3 is 2.52 bits per heavy atom. The fourth-order valence-corrected chi connectivity index (χ4v) is 4.47. The van der Waals surface area contributed by atoms with E-state index in [1.165, 1.54) is 20.3 Å². The zero-order chi connectivity index (χ0) is 19.8. The summed E-state index contributed by atoms with van der Waals surface area (Å²) in [5.41, 5.74) is 1.27. The molecule has 6 heteroatoms. The Morgan fingerprint density at radius 1 is 1.15 bits per heavy atom. The summed E-state index contributed by atoms with van der Waals surface area (Å²) in [7, 11) is 4.20. The van der Waals surface area contributed by atoms with Gasteiger partial charge in [-0.15, -0.1) is 0 Å². The van der Waals surface area contributed by atoms with Crippen molar-refractivity contribution < 1.29 is 28.6 Å². The Labute approximate surface area is 158 Å². The number of ether oxygens (including phenoxy) is 3. The summed E-state index contributed by atoms with van der Waals surface area (Å²) in [6, 6.07) is 5.53. The molecule has 144 valence electrons. The number of esters is 2. The van der Waals surface area contributed by atoms with E-state index in [2.05, 4.69) is 0 Å². The lowest BCUT2D eigenvalue weighted by Crippen LogP contribution is -2.43. The Kier molecular flexibility index (Phi) is 5.09. The first-order chi connectivity index (χ1) is 12.8. The van der Waals surface area contributed by atoms with Crippen LogP contribution in [0.3, 0.4) is 0 Å². The minimum Gasteiger partial charge on any atom is -0.497 e. The number of ketones is 1. The number of carbonyl (C=O) groups excluding carboxylic acids is 3. The van der Waals surface area contributed by atoms with Crippen LogP contribution in [0.25, 0.3) is 0 Å². The summed E-state index contributed by atoms with van der Waals surface area (Å²) < 4.78 is 15.1. The molecule has 2 aliphatic rings. The molecular formula is C21H24O6. The highest BCUT2D eigenvalue weighted by atomic mass is 16.5. The highest BCUT2D eigenvalue weighted by Gasteiger charge is 2.50. The van der Waals surface area contributed by atoms with Gasteiger partial charge in [0.15, 0.2) is 5.78 Å². The van der Waals surface area contributed by atoms with Gasteiger partial charge in [-0.25, -0.2) is 4.79 Å². The highest BCUT2D eigenvalue weighted by Crippen LogP contribution is 2.55. The molecule has 0 radical (unpaired) electrons. The first-order valence-corrected chi connectivity index (χ1v) is 8.95. The second-order valence-corrected chi connectivity index (χ2v) is 7.28. The summed E-state index contributed by atoms with van der Waals surface area (Å²) >= 11 is 0. The van der Waals surface area contributed by atoms with E-state index in [1.54, 1.807) is 20.1 Å². The lowest BCUT2D eigenvalue weighted by molar-refractivity contribution is -0.151. The molecule has 0 heterocycles. The van der Waals surface area contributed by atoms with Crippen molar-refractivity contribution >= 4 is 17.7 Å². The van der Waals surface area contributed by atoms with Crippen molar-refractivity contribution in [3.05, 3.63) is 41.0 Å². The fourth-order valence-electron chi connectivity index (χ4n) is 4.47. The van der Waals surface area contributed by atoms with Crippen LogP contribution in [0.5, 0.6) is 5.75 Å². The predicted octanol–water partition coefficient (Wildman–Crippen LogP) is 3.05. The number of carbonyl (C=O) groups is 3. The number of methoxy groups -OCH3 is 3. The van der Waals surface area contributed by atoms with Crippen LogP contribution in [0.15, 0.2) is 29.8 Å². The first kappa shape index (κ1) is 19.1. The van der Waals surface area contributed by atoms with Crippen molar-refractivity contribution in [2.75, 3.05) is 21.3 Å². The zero-order valence-corrected chi connectivity index (χ0v) is 16.0. The molecule has 1 fully saturated rings. The monoisotopic (exact) mass is 372 g/mol. The number of hydrogen-bond donors (Lipinski definition) is 0. The van der Waals surface area contributed by atoms with E-state index in [9.17, 15) is 14.4 Å². The van der Waals surface area contributed by atoms with Crippen LogP contribution in [-0.4, -0.2) is 39.1 Å². The van der Waals surface area contributed by atoms with Gasteiger partial charge in [-0.3, -0.25) is 9.59 Å². The van der Waals surface area contributed by atoms with Gasteiger partial charge in [-0.2, -0.15) is 0 Å². The average Bonchev–Trinajstić information content (AvgIpc) is 2.69. The van der Waals surface area contributed by atoms with Crippen molar-refractivity contribution in [2.24, 2.45) is 11.3 Å². The molecule has 2 aliphatic carbocycles. The van der Waals surface area contributed by atoms with Gasteiger partial charge in [0, 0.05) is 18.1 Å². The SMILES string of the molecule is COC(=O)/C=C1\[C@@H]2CC(=O)c3cc(OC)ccc3[C@H]2CC[C@]1(C)C(=O)OC. The van der Waals surface area contributed by atoms with E-state index in [0.717, 1.165) is 12.0 Å². The Hall–Kier alpha value is -2.63. The van der Waals surface area contributed by atoms with Gasteiger partial charge in [0.2, 0.25) is 0 Å². The molecule has 6 nitrogen and oxygen atoms in total. The van der Waals surface area contributed by atoms with Crippen LogP contribution in [0.1, 0.15) is 48.0 Å². The molecule has 1 saturated carbocycles. The molecule has 0 bridgehead atoms. The van der Waals surface area contributed by atoms with Crippen molar-refractivity contribution in [1.29, 1.82) is 0 Å². The molecule has 0 aromatic heterocycles. The van der Waals surface area contributed by atoms with Gasteiger partial charge in [0.1, 0.15) is 5.75 Å². The molecule has 0 saturated heterocycles. The van der Waals surface area contributed by atoms with E-state index < -0.39 is 17.4 Å². The van der Waals surface area contributed by atoms with Gasteiger partial charge in [0.25, 0.3) is 0 Å². The van der Waals surface area contributed by atoms with E-state index in [1.807, 2.05) is 12.1 Å². The predicted molar refractivity (Wildman–Crippen MR) is 97.6 cm³/mol. The van der Waals surface area contributed by atoms with E-state index >= 15 is 0 Å². The molecule has 0 amide bonds. The molecule has 0 unspecified atom stereocenters. The van der Waals surface area contributed by atoms with Crippen LogP contribution < -0.4 is 4.74 Å². The van der Waals surface area contributed by atoms with Crippen LogP contribution in [0, 0.1) is 11.3 Å². The minimum absolute atomic E-state index is 0.0185. The standard InChI is InChI=1S/C21H24O6/c1-21(20(24)27-4)8-7-14-13-6-5-12(25-2)9-16(13)18(22)10-15(14)17(21)11-19(23)26-3/h5-6,9,11,14-15H,7-8,10H2,1-4H3/b17-11+/t14-,15-,21+/m1/s1. The molecule has 0 aliphatic heterocycles. The van der Waals surface area contributed by atoms with Crippen LogP contribution in [0.2, 0.25) is 0 Å². The second kappa shape index (κ2) is 7.18. The maximum atomic E-state index is 12.8. The van der Waals surface area contributed by atoms with Gasteiger partial charge >= 0.3 is 11.9 Å². The quantitative estimate of drug-likeness (QED) is 0.599. The maximum absolute atomic E-state index is 12.8. The lowest BCUT2D eigenvalue weighted by atomic mass is 9.57. The molecule has 3 atom stereocenters. The van der Waals surface area contributed by atoms with Crippen molar-refractivity contribution in [2.45, 2.75) is 32.1 Å². The second-order valence-electron chi connectivity index (χ2n) is 7.28. The topological polar surface area (TPSA) is 78.9 Å². The number of hydrogen-bond acceptors (Lipinski definition) is 6. The Morgan fingerprint density at radius 2 is 1.89 bits per heavy atom. The number of fused-ring (bicyclic) bond motifs is 3. The van der Waals surface area contributed by atoms with E-state index in [-0.39, 0.29) is 24.0 Å². The normalized spacial score (nSPS) is 28.1. The fraction of sp³-hybridized carbons (Fsp3) is 0.476. The van der Waals surface area contributed by atoms with Crippen molar-refractivity contribution in [1.82, 2.24) is 0 Å². The molecule has 1 aromatic rings. The summed E-state index contributed by atoms with van der Waals surface area (Å²) in [6.07, 6.45) is 2.86. The minimum atomic E-state index is -0.950. The number of benzene rings is 1.